The number of amides is 2. The Kier molecular flexibility index (Phi) is 3.68. The summed E-state index contributed by atoms with van der Waals surface area (Å²) in [6.07, 6.45) is 0. The Morgan fingerprint density at radius 3 is 2.82 bits per heavy atom. The zero-order valence-electron chi connectivity index (χ0n) is 9.55. The Bertz CT molecular complexity index is 422. The summed E-state index contributed by atoms with van der Waals surface area (Å²) in [5, 5.41) is 2.50. The summed E-state index contributed by atoms with van der Waals surface area (Å²) in [5.74, 6) is 0.325. The minimum atomic E-state index is -0.137. The van der Waals surface area contributed by atoms with Crippen LogP contribution in [0.5, 0.6) is 0 Å². The van der Waals surface area contributed by atoms with Crippen LogP contribution < -0.4 is 5.32 Å². The lowest BCUT2D eigenvalue weighted by atomic mass is 10.2. The van der Waals surface area contributed by atoms with E-state index in [1.807, 2.05) is 30.3 Å². The van der Waals surface area contributed by atoms with Crippen LogP contribution in [0.1, 0.15) is 10.9 Å². The van der Waals surface area contributed by atoms with Crippen LogP contribution >= 0.6 is 11.8 Å². The molecule has 2 rings (SSSR count). The van der Waals surface area contributed by atoms with Crippen LogP contribution in [0.2, 0.25) is 0 Å². The molecule has 1 aliphatic heterocycles. The van der Waals surface area contributed by atoms with Crippen LogP contribution in [0.3, 0.4) is 0 Å². The number of benzene rings is 1. The van der Waals surface area contributed by atoms with Gasteiger partial charge in [-0.1, -0.05) is 30.3 Å². The third kappa shape index (κ3) is 2.61. The zero-order chi connectivity index (χ0) is 12.3. The monoisotopic (exact) mass is 250 g/mol. The number of thioether (sulfide) groups is 1. The number of carbonyl (C=O) groups excluding carboxylic acids is 2. The standard InChI is InChI=1S/C12H14N2O2S/c1-13-10(15)7-14-11(16)8-17-12(14)9-5-3-2-4-6-9/h2-6,12H,7-8H2,1H3,(H,13,15). The van der Waals surface area contributed by atoms with E-state index < -0.39 is 0 Å². The molecule has 1 fully saturated rings. The molecule has 1 atom stereocenters. The van der Waals surface area contributed by atoms with Gasteiger partial charge in [-0.25, -0.2) is 0 Å². The van der Waals surface area contributed by atoms with Crippen LogP contribution in [-0.4, -0.2) is 36.1 Å². The lowest BCUT2D eigenvalue weighted by Gasteiger charge is -2.23. The number of carbonyl (C=O) groups is 2. The first-order valence-corrected chi connectivity index (χ1v) is 6.44. The van der Waals surface area contributed by atoms with Gasteiger partial charge in [-0.3, -0.25) is 9.59 Å². The van der Waals surface area contributed by atoms with E-state index in [0.29, 0.717) is 5.75 Å². The third-order valence-corrected chi connectivity index (χ3v) is 3.90. The highest BCUT2D eigenvalue weighted by atomic mass is 32.2. The van der Waals surface area contributed by atoms with E-state index in [1.165, 1.54) is 0 Å². The minimum Gasteiger partial charge on any atom is -0.358 e. The number of nitrogens with zero attached hydrogens (tertiary/aromatic N) is 1. The van der Waals surface area contributed by atoms with E-state index in [9.17, 15) is 9.59 Å². The Labute approximate surface area is 104 Å². The fourth-order valence-corrected chi connectivity index (χ4v) is 2.94. The van der Waals surface area contributed by atoms with E-state index in [4.69, 9.17) is 0 Å². The van der Waals surface area contributed by atoms with Crippen molar-refractivity contribution in [1.29, 1.82) is 0 Å². The molecule has 1 N–H and O–H groups in total. The normalized spacial score (nSPS) is 19.5. The maximum absolute atomic E-state index is 11.7. The van der Waals surface area contributed by atoms with Crippen LogP contribution in [0.4, 0.5) is 0 Å². The van der Waals surface area contributed by atoms with Crippen molar-refractivity contribution in [3.05, 3.63) is 35.9 Å². The molecule has 0 saturated carbocycles. The van der Waals surface area contributed by atoms with Gasteiger partial charge in [0.25, 0.3) is 0 Å². The average Bonchev–Trinajstić information content (AvgIpc) is 2.72. The van der Waals surface area contributed by atoms with Gasteiger partial charge in [0.2, 0.25) is 11.8 Å². The maximum atomic E-state index is 11.7. The van der Waals surface area contributed by atoms with Crippen molar-refractivity contribution in [1.82, 2.24) is 10.2 Å². The van der Waals surface area contributed by atoms with Crippen LogP contribution in [0.15, 0.2) is 30.3 Å². The molecule has 5 heteroatoms. The van der Waals surface area contributed by atoms with Crippen molar-refractivity contribution in [3.8, 4) is 0 Å². The van der Waals surface area contributed by atoms with Crippen molar-refractivity contribution in [3.63, 3.8) is 0 Å². The number of hydrogen-bond donors (Lipinski definition) is 1. The molecular weight excluding hydrogens is 236 g/mol. The topological polar surface area (TPSA) is 49.4 Å². The first-order chi connectivity index (χ1) is 8.22. The Morgan fingerprint density at radius 1 is 1.47 bits per heavy atom. The van der Waals surface area contributed by atoms with E-state index in [0.717, 1.165) is 5.56 Å². The summed E-state index contributed by atoms with van der Waals surface area (Å²) >= 11 is 1.56. The summed E-state index contributed by atoms with van der Waals surface area (Å²) < 4.78 is 0. The van der Waals surface area contributed by atoms with E-state index >= 15 is 0 Å². The molecule has 1 aromatic rings. The van der Waals surface area contributed by atoms with Gasteiger partial charge < -0.3 is 10.2 Å². The molecule has 0 radical (unpaired) electrons. The Balaban J connectivity index is 2.16. The summed E-state index contributed by atoms with van der Waals surface area (Å²) in [5.41, 5.74) is 1.06. The molecule has 1 aliphatic rings. The molecule has 1 saturated heterocycles. The Morgan fingerprint density at radius 2 is 2.18 bits per heavy atom. The van der Waals surface area contributed by atoms with Crippen molar-refractivity contribution in [2.45, 2.75) is 5.37 Å². The molecule has 4 nitrogen and oxygen atoms in total. The van der Waals surface area contributed by atoms with Crippen LogP contribution in [0, 0.1) is 0 Å². The highest BCUT2D eigenvalue weighted by molar-refractivity contribution is 8.00. The first kappa shape index (κ1) is 12.0. The van der Waals surface area contributed by atoms with Gasteiger partial charge in [-0.2, -0.15) is 0 Å². The molecule has 90 valence electrons. The summed E-state index contributed by atoms with van der Waals surface area (Å²) in [6, 6.07) is 9.78. The minimum absolute atomic E-state index is 0.0208. The molecule has 1 aromatic carbocycles. The first-order valence-electron chi connectivity index (χ1n) is 5.39. The molecule has 0 aromatic heterocycles. The number of rotatable bonds is 3. The van der Waals surface area contributed by atoms with E-state index in [2.05, 4.69) is 5.32 Å². The van der Waals surface area contributed by atoms with Gasteiger partial charge in [0.1, 0.15) is 11.9 Å². The number of likely N-dealkylation sites (N-methyl/N-ethyl adjacent to an activating group) is 1. The molecule has 1 heterocycles. The second kappa shape index (κ2) is 5.23. The lowest BCUT2D eigenvalue weighted by Crippen LogP contribution is -2.37. The molecular formula is C12H14N2O2S. The molecule has 0 spiro atoms. The van der Waals surface area contributed by atoms with Gasteiger partial charge in [-0.15, -0.1) is 11.8 Å². The van der Waals surface area contributed by atoms with Crippen LogP contribution in [0.25, 0.3) is 0 Å². The van der Waals surface area contributed by atoms with Crippen molar-refractivity contribution < 1.29 is 9.59 Å². The molecule has 0 bridgehead atoms. The largest absolute Gasteiger partial charge is 0.358 e. The third-order valence-electron chi connectivity index (χ3n) is 2.65. The summed E-state index contributed by atoms with van der Waals surface area (Å²) in [6.45, 7) is 0.127. The summed E-state index contributed by atoms with van der Waals surface area (Å²) in [4.78, 5) is 24.7. The average molecular weight is 250 g/mol. The quantitative estimate of drug-likeness (QED) is 0.871. The van der Waals surface area contributed by atoms with Crippen LogP contribution in [-0.2, 0) is 9.59 Å². The second-order valence-electron chi connectivity index (χ2n) is 3.77. The van der Waals surface area contributed by atoms with Gasteiger partial charge in [-0.05, 0) is 5.56 Å². The highest BCUT2D eigenvalue weighted by Gasteiger charge is 2.33. The SMILES string of the molecule is CNC(=O)CN1C(=O)CSC1c1ccccc1. The van der Waals surface area contributed by atoms with E-state index in [1.54, 1.807) is 23.7 Å². The van der Waals surface area contributed by atoms with Crippen molar-refractivity contribution in [2.75, 3.05) is 19.3 Å². The fraction of sp³-hybridized carbons (Fsp3) is 0.333. The molecule has 17 heavy (non-hydrogen) atoms. The maximum Gasteiger partial charge on any atom is 0.239 e. The number of hydrogen-bond acceptors (Lipinski definition) is 3. The predicted octanol–water partition coefficient (Wildman–Crippen LogP) is 1.01. The predicted molar refractivity (Wildman–Crippen MR) is 67.4 cm³/mol. The molecule has 1 unspecified atom stereocenters. The zero-order valence-corrected chi connectivity index (χ0v) is 10.4. The lowest BCUT2D eigenvalue weighted by molar-refractivity contribution is -0.133. The van der Waals surface area contributed by atoms with Crippen molar-refractivity contribution >= 4 is 23.6 Å². The second-order valence-corrected chi connectivity index (χ2v) is 4.84. The Hall–Kier alpha value is -1.49. The van der Waals surface area contributed by atoms with Gasteiger partial charge >= 0.3 is 0 Å². The summed E-state index contributed by atoms with van der Waals surface area (Å²) in [7, 11) is 1.58. The smallest absolute Gasteiger partial charge is 0.239 e. The van der Waals surface area contributed by atoms with E-state index in [-0.39, 0.29) is 23.7 Å². The number of nitrogens with one attached hydrogen (secondary N) is 1. The van der Waals surface area contributed by atoms with Gasteiger partial charge in [0.05, 0.1) is 5.75 Å². The fourth-order valence-electron chi connectivity index (χ4n) is 1.75. The molecule has 0 aliphatic carbocycles. The molecule has 2 amide bonds. The van der Waals surface area contributed by atoms with Gasteiger partial charge in [0.15, 0.2) is 0 Å². The van der Waals surface area contributed by atoms with Crippen molar-refractivity contribution in [2.24, 2.45) is 0 Å². The van der Waals surface area contributed by atoms with Gasteiger partial charge in [0, 0.05) is 7.05 Å². The highest BCUT2D eigenvalue weighted by Crippen LogP contribution is 2.37.